The van der Waals surface area contributed by atoms with Gasteiger partial charge in [-0.25, -0.2) is 4.68 Å². The molecule has 1 aliphatic heterocycles. The zero-order chi connectivity index (χ0) is 22.7. The number of para-hydroxylation sites is 1. The van der Waals surface area contributed by atoms with Crippen LogP contribution in [0.4, 0.5) is 11.4 Å². The number of fused-ring (bicyclic) bond motifs is 1. The lowest BCUT2D eigenvalue weighted by Gasteiger charge is -2.22. The fourth-order valence-corrected chi connectivity index (χ4v) is 4.02. The zero-order valence-electron chi connectivity index (χ0n) is 18.2. The molecule has 0 radical (unpaired) electrons. The van der Waals surface area contributed by atoms with Crippen LogP contribution in [0.1, 0.15) is 41.9 Å². The van der Waals surface area contributed by atoms with Gasteiger partial charge in [-0.15, -0.1) is 0 Å². The number of amides is 2. The summed E-state index contributed by atoms with van der Waals surface area (Å²) in [5, 5.41) is 7.11. The Kier molecular flexibility index (Phi) is 6.16. The first-order chi connectivity index (χ1) is 15.5. The fraction of sp³-hybridized carbons (Fsp3) is 0.280. The van der Waals surface area contributed by atoms with E-state index in [2.05, 4.69) is 17.3 Å². The van der Waals surface area contributed by atoms with E-state index in [1.54, 1.807) is 4.90 Å². The van der Waals surface area contributed by atoms with Gasteiger partial charge >= 0.3 is 0 Å². The normalized spacial score (nSPS) is 14.8. The zero-order valence-corrected chi connectivity index (χ0v) is 18.2. The van der Waals surface area contributed by atoms with E-state index in [1.807, 2.05) is 55.5 Å². The molecule has 1 N–H and O–H groups in total. The van der Waals surface area contributed by atoms with Gasteiger partial charge in [-0.05, 0) is 55.2 Å². The summed E-state index contributed by atoms with van der Waals surface area (Å²) in [4.78, 5) is 39.6. The van der Waals surface area contributed by atoms with Crippen molar-refractivity contribution in [2.24, 2.45) is 0 Å². The van der Waals surface area contributed by atoms with E-state index in [4.69, 9.17) is 0 Å². The first-order valence-corrected chi connectivity index (χ1v) is 10.8. The Hall–Kier alpha value is -3.74. The van der Waals surface area contributed by atoms with Crippen molar-refractivity contribution in [1.29, 1.82) is 0 Å². The number of nitrogens with zero attached hydrogens (tertiary/aromatic N) is 3. The van der Waals surface area contributed by atoms with Crippen LogP contribution in [0.5, 0.6) is 0 Å². The van der Waals surface area contributed by atoms with Gasteiger partial charge < -0.3 is 10.2 Å². The molecule has 7 nitrogen and oxygen atoms in total. The largest absolute Gasteiger partial charge is 0.326 e. The molecule has 2 aromatic carbocycles. The summed E-state index contributed by atoms with van der Waals surface area (Å²) >= 11 is 0. The average molecular weight is 431 g/mol. The molecular formula is C25H26N4O3. The van der Waals surface area contributed by atoms with Crippen LogP contribution in [0.3, 0.4) is 0 Å². The van der Waals surface area contributed by atoms with Gasteiger partial charge in [0.1, 0.15) is 5.69 Å². The molecule has 3 aromatic rings. The number of hydrogen-bond acceptors (Lipinski definition) is 4. The third-order valence-corrected chi connectivity index (χ3v) is 5.68. The second-order valence-corrected chi connectivity index (χ2v) is 7.99. The van der Waals surface area contributed by atoms with Crippen LogP contribution in [0.2, 0.25) is 0 Å². The molecular weight excluding hydrogens is 404 g/mol. The summed E-state index contributed by atoms with van der Waals surface area (Å²) in [6, 6.07) is 18.2. The molecule has 0 bridgehead atoms. The molecule has 1 atom stereocenters. The third-order valence-electron chi connectivity index (χ3n) is 5.68. The van der Waals surface area contributed by atoms with Crippen molar-refractivity contribution in [3.63, 3.8) is 0 Å². The van der Waals surface area contributed by atoms with Gasteiger partial charge in [0.2, 0.25) is 5.91 Å². The summed E-state index contributed by atoms with van der Waals surface area (Å²) < 4.78 is 1.18. The topological polar surface area (TPSA) is 84.3 Å². The van der Waals surface area contributed by atoms with Crippen LogP contribution in [0.15, 0.2) is 65.5 Å². The highest BCUT2D eigenvalue weighted by atomic mass is 16.2. The molecule has 0 spiro atoms. The van der Waals surface area contributed by atoms with Crippen LogP contribution < -0.4 is 15.8 Å². The molecule has 2 heterocycles. The quantitative estimate of drug-likeness (QED) is 0.649. The number of carbonyl (C=O) groups excluding carboxylic acids is 2. The Balaban J connectivity index is 1.46. The molecule has 2 amide bonds. The second kappa shape index (κ2) is 9.18. The Morgan fingerprint density at radius 1 is 1.09 bits per heavy atom. The lowest BCUT2D eigenvalue weighted by atomic mass is 10.1. The average Bonchev–Trinajstić information content (AvgIpc) is 3.13. The van der Waals surface area contributed by atoms with Gasteiger partial charge in [-0.2, -0.15) is 5.10 Å². The van der Waals surface area contributed by atoms with Crippen molar-refractivity contribution >= 4 is 23.2 Å². The molecule has 1 aromatic heterocycles. The SMILES string of the molecule is CCc1cccc(NC(=O)CCn2nc(C(=O)N3c4ccccc4C[C@@H]3C)ccc2=O)c1. The van der Waals surface area contributed by atoms with Gasteiger partial charge in [0.25, 0.3) is 11.5 Å². The maximum atomic E-state index is 13.2. The second-order valence-electron chi connectivity index (χ2n) is 7.99. The van der Waals surface area contributed by atoms with Crippen LogP contribution in [0.25, 0.3) is 0 Å². The minimum Gasteiger partial charge on any atom is -0.326 e. The van der Waals surface area contributed by atoms with Crippen molar-refractivity contribution in [1.82, 2.24) is 9.78 Å². The van der Waals surface area contributed by atoms with E-state index >= 15 is 0 Å². The summed E-state index contributed by atoms with van der Waals surface area (Å²) in [6.45, 7) is 4.13. The maximum Gasteiger partial charge on any atom is 0.278 e. The van der Waals surface area contributed by atoms with Crippen LogP contribution in [-0.2, 0) is 24.2 Å². The Morgan fingerprint density at radius 2 is 1.91 bits per heavy atom. The number of aromatic nitrogens is 2. The van der Waals surface area contributed by atoms with Crippen molar-refractivity contribution < 1.29 is 9.59 Å². The third kappa shape index (κ3) is 4.46. The van der Waals surface area contributed by atoms with Gasteiger partial charge in [-0.1, -0.05) is 37.3 Å². The lowest BCUT2D eigenvalue weighted by Crippen LogP contribution is -2.37. The highest BCUT2D eigenvalue weighted by Crippen LogP contribution is 2.32. The molecule has 0 fully saturated rings. The summed E-state index contributed by atoms with van der Waals surface area (Å²) in [7, 11) is 0. The van der Waals surface area contributed by atoms with E-state index < -0.39 is 0 Å². The number of rotatable bonds is 6. The van der Waals surface area contributed by atoms with Crippen molar-refractivity contribution in [3.8, 4) is 0 Å². The van der Waals surface area contributed by atoms with E-state index in [-0.39, 0.29) is 42.1 Å². The molecule has 1 aliphatic rings. The summed E-state index contributed by atoms with van der Waals surface area (Å²) in [6.07, 6.45) is 1.73. The van der Waals surface area contributed by atoms with Gasteiger partial charge in [0.15, 0.2) is 0 Å². The van der Waals surface area contributed by atoms with E-state index in [9.17, 15) is 14.4 Å². The maximum absolute atomic E-state index is 13.2. The minimum atomic E-state index is -0.350. The number of aryl methyl sites for hydroxylation is 2. The summed E-state index contributed by atoms with van der Waals surface area (Å²) in [5.41, 5.74) is 3.68. The van der Waals surface area contributed by atoms with Gasteiger partial charge in [-0.3, -0.25) is 14.4 Å². The predicted molar refractivity (Wildman–Crippen MR) is 124 cm³/mol. The van der Waals surface area contributed by atoms with Crippen molar-refractivity contribution in [3.05, 3.63) is 87.8 Å². The Bertz CT molecular complexity index is 1220. The number of anilines is 2. The molecule has 0 aliphatic carbocycles. The highest BCUT2D eigenvalue weighted by molar-refractivity contribution is 6.06. The Morgan fingerprint density at radius 3 is 2.72 bits per heavy atom. The van der Waals surface area contributed by atoms with Crippen molar-refractivity contribution in [2.45, 2.75) is 45.7 Å². The molecule has 164 valence electrons. The first-order valence-electron chi connectivity index (χ1n) is 10.8. The van der Waals surface area contributed by atoms with E-state index in [0.29, 0.717) is 0 Å². The van der Waals surface area contributed by atoms with Crippen LogP contribution in [-0.4, -0.2) is 27.6 Å². The minimum absolute atomic E-state index is 0.00624. The van der Waals surface area contributed by atoms with E-state index in [0.717, 1.165) is 35.3 Å². The van der Waals surface area contributed by atoms with Crippen molar-refractivity contribution in [2.75, 3.05) is 10.2 Å². The van der Waals surface area contributed by atoms with Crippen LogP contribution in [0, 0.1) is 0 Å². The Labute approximate surface area is 186 Å². The number of carbonyl (C=O) groups is 2. The van der Waals surface area contributed by atoms with Gasteiger partial charge in [0, 0.05) is 29.9 Å². The summed E-state index contributed by atoms with van der Waals surface area (Å²) in [5.74, 6) is -0.470. The number of nitrogens with one attached hydrogen (secondary N) is 1. The van der Waals surface area contributed by atoms with Crippen LogP contribution >= 0.6 is 0 Å². The molecule has 0 unspecified atom stereocenters. The smallest absolute Gasteiger partial charge is 0.278 e. The molecule has 7 heteroatoms. The number of benzene rings is 2. The standard InChI is InChI=1S/C25H26N4O3/c1-3-18-7-6-9-20(16-18)26-23(30)13-14-28-24(31)12-11-21(27-28)25(32)29-17(2)15-19-8-4-5-10-22(19)29/h4-12,16-17H,3,13-15H2,1-2H3,(H,26,30)/t17-/m0/s1. The predicted octanol–water partition coefficient (Wildman–Crippen LogP) is 3.43. The van der Waals surface area contributed by atoms with E-state index in [1.165, 1.54) is 16.8 Å². The molecule has 0 saturated carbocycles. The lowest BCUT2D eigenvalue weighted by molar-refractivity contribution is -0.116. The molecule has 4 rings (SSSR count). The monoisotopic (exact) mass is 430 g/mol. The molecule has 0 saturated heterocycles. The molecule has 32 heavy (non-hydrogen) atoms. The highest BCUT2D eigenvalue weighted by Gasteiger charge is 2.32. The number of hydrogen-bond donors (Lipinski definition) is 1. The van der Waals surface area contributed by atoms with Gasteiger partial charge in [0.05, 0.1) is 6.54 Å². The first kappa shape index (κ1) is 21.5. The fourth-order valence-electron chi connectivity index (χ4n) is 4.02.